The number of para-hydroxylation sites is 5. The highest BCUT2D eigenvalue weighted by Gasteiger charge is 2.25. The van der Waals surface area contributed by atoms with Crippen molar-refractivity contribution in [3.8, 4) is 50.8 Å². The first-order valence-corrected chi connectivity index (χ1v) is 35.3. The second-order valence-electron chi connectivity index (χ2n) is 25.4. The SMILES string of the molecule is Clc1nc2sc3ccccc3c2nc1-c1ccc2c3ccccc3n(-c3ccccc3)c2c1.c1ccc(-n2c3ccccc3c3ccc(-c4nc5c(nc4-n4c6ccccc6c6cc7ccccc7cc64)sc4ccccc45)cc32)cc1.c1ccc2c(c1)Cc1cc3ccccc3cc1-2. The lowest BCUT2D eigenvalue weighted by Gasteiger charge is -2.14. The molecule has 1 aliphatic carbocycles. The van der Waals surface area contributed by atoms with Gasteiger partial charge in [-0.1, -0.05) is 242 Å². The number of thiophene rings is 2. The Kier molecular flexibility index (Phi) is 13.3. The lowest BCUT2D eigenvalue weighted by Crippen LogP contribution is -2.03. The van der Waals surface area contributed by atoms with Crippen LogP contribution >= 0.6 is 34.3 Å². The van der Waals surface area contributed by atoms with E-state index in [1.54, 1.807) is 22.7 Å². The quantitative estimate of drug-likeness (QED) is 0.172. The molecule has 0 spiro atoms. The number of rotatable bonds is 5. The van der Waals surface area contributed by atoms with Gasteiger partial charge in [0.2, 0.25) is 0 Å². The van der Waals surface area contributed by atoms with Crippen LogP contribution < -0.4 is 0 Å². The van der Waals surface area contributed by atoms with Crippen molar-refractivity contribution in [2.24, 2.45) is 0 Å². The molecule has 0 aliphatic heterocycles. The lowest BCUT2D eigenvalue weighted by atomic mass is 10.0. The van der Waals surface area contributed by atoms with Crippen molar-refractivity contribution >= 4 is 162 Å². The Morgan fingerprint density at radius 3 is 1.30 bits per heavy atom. The molecule has 7 aromatic heterocycles. The minimum absolute atomic E-state index is 0.427. The summed E-state index contributed by atoms with van der Waals surface area (Å²) in [7, 11) is 0. The summed E-state index contributed by atoms with van der Waals surface area (Å²) in [6.45, 7) is 0. The molecule has 10 heteroatoms. The fourth-order valence-electron chi connectivity index (χ4n) is 15.2. The minimum Gasteiger partial charge on any atom is -0.309 e. The first-order valence-electron chi connectivity index (χ1n) is 33.2. The van der Waals surface area contributed by atoms with E-state index in [2.05, 4.69) is 311 Å². The van der Waals surface area contributed by atoms with Gasteiger partial charge in [-0.15, -0.1) is 22.7 Å². The van der Waals surface area contributed by atoms with Crippen LogP contribution in [0.4, 0.5) is 0 Å². The zero-order valence-electron chi connectivity index (χ0n) is 53.1. The third-order valence-electron chi connectivity index (χ3n) is 19.7. The Morgan fingerprint density at radius 2 is 0.707 bits per heavy atom. The van der Waals surface area contributed by atoms with Crippen molar-refractivity contribution in [2.75, 3.05) is 0 Å². The molecule has 99 heavy (non-hydrogen) atoms. The summed E-state index contributed by atoms with van der Waals surface area (Å²) in [4.78, 5) is 22.6. The standard InChI is InChI=1S/C44H26N4S.C28H16ClN3S.C17H12/c1-2-14-30(15-3-1)47-36-19-9-6-16-31(36)33-23-22-29(26-38(33)47)41-43(46-44-42(45-41)34-18-8-11-21-40(34)49-44)48-37-20-10-7-17-32(37)35-24-27-12-4-5-13-28(27)25-39(35)48;29-27-25(30-26-21-11-5-7-13-24(21)33-28(26)31-27)17-14-15-20-19-10-4-6-12-22(19)32(23(20)16-17)18-8-2-1-3-9-18;1-2-6-13-11-17-15(9-12(13)5-1)10-14-7-3-4-8-16(14)17/h1-26H;1-16H;1-9,11H,10H2. The van der Waals surface area contributed by atoms with Gasteiger partial charge in [0.15, 0.2) is 11.0 Å². The van der Waals surface area contributed by atoms with Crippen molar-refractivity contribution in [1.82, 2.24) is 33.6 Å². The predicted octanol–water partition coefficient (Wildman–Crippen LogP) is 24.5. The van der Waals surface area contributed by atoms with Gasteiger partial charge < -0.3 is 9.13 Å². The Morgan fingerprint density at radius 1 is 0.283 bits per heavy atom. The molecule has 0 atom stereocenters. The van der Waals surface area contributed by atoms with Gasteiger partial charge in [-0.25, -0.2) is 19.9 Å². The average Bonchev–Trinajstić information content (AvgIpc) is 1.59. The van der Waals surface area contributed by atoms with Crippen LogP contribution in [-0.4, -0.2) is 33.6 Å². The Bertz CT molecular complexity index is 6860. The first kappa shape index (κ1) is 57.2. The van der Waals surface area contributed by atoms with Crippen LogP contribution in [0, 0.1) is 0 Å². The molecule has 0 fully saturated rings. The molecular weight excluding hydrogens is 1270 g/mol. The summed E-state index contributed by atoms with van der Waals surface area (Å²) < 4.78 is 9.36. The number of nitrogens with zero attached hydrogens (tertiary/aromatic N) is 7. The van der Waals surface area contributed by atoms with Gasteiger partial charge in [-0.05, 0) is 135 Å². The molecule has 1 aliphatic rings. The van der Waals surface area contributed by atoms with Crippen LogP contribution in [0.25, 0.3) is 179 Å². The Balaban J connectivity index is 0.000000113. The summed E-state index contributed by atoms with van der Waals surface area (Å²) in [6.07, 6.45) is 1.08. The van der Waals surface area contributed by atoms with E-state index in [4.69, 9.17) is 31.5 Å². The molecule has 7 nitrogen and oxygen atoms in total. The van der Waals surface area contributed by atoms with E-state index in [9.17, 15) is 0 Å². The smallest absolute Gasteiger partial charge is 0.166 e. The summed E-state index contributed by atoms with van der Waals surface area (Å²) in [5.41, 5.74) is 20.2. The van der Waals surface area contributed by atoms with Crippen molar-refractivity contribution in [2.45, 2.75) is 6.42 Å². The van der Waals surface area contributed by atoms with Gasteiger partial charge in [-0.2, -0.15) is 0 Å². The molecule has 0 amide bonds. The largest absolute Gasteiger partial charge is 0.309 e. The van der Waals surface area contributed by atoms with Gasteiger partial charge in [0.05, 0.1) is 33.1 Å². The Hall–Kier alpha value is -12.1. The normalized spacial score (nSPS) is 12.1. The maximum absolute atomic E-state index is 6.68. The molecular formula is C89H54ClN7S2. The fraction of sp³-hybridized carbons (Fsp3) is 0.0112. The minimum atomic E-state index is 0.427. The van der Waals surface area contributed by atoms with Crippen LogP contribution in [0.15, 0.2) is 315 Å². The van der Waals surface area contributed by atoms with E-state index < -0.39 is 0 Å². The lowest BCUT2D eigenvalue weighted by molar-refractivity contribution is 1.09. The average molecular weight is 1320 g/mol. The molecule has 0 radical (unpaired) electrons. The highest BCUT2D eigenvalue weighted by atomic mass is 35.5. The molecule has 14 aromatic carbocycles. The zero-order valence-corrected chi connectivity index (χ0v) is 55.4. The maximum Gasteiger partial charge on any atom is 0.166 e. The highest BCUT2D eigenvalue weighted by Crippen LogP contribution is 2.45. The molecule has 22 rings (SSSR count). The molecule has 464 valence electrons. The number of hydrogen-bond donors (Lipinski definition) is 0. The van der Waals surface area contributed by atoms with E-state index in [0.717, 1.165) is 94.0 Å². The number of aromatic nitrogens is 7. The number of halogens is 1. The Labute approximate surface area is 580 Å². The van der Waals surface area contributed by atoms with Crippen molar-refractivity contribution in [3.63, 3.8) is 0 Å². The van der Waals surface area contributed by atoms with Gasteiger partial charge in [-0.3, -0.25) is 4.57 Å². The molecule has 21 aromatic rings. The highest BCUT2D eigenvalue weighted by molar-refractivity contribution is 7.25. The van der Waals surface area contributed by atoms with Gasteiger partial charge in [0.25, 0.3) is 0 Å². The summed E-state index contributed by atoms with van der Waals surface area (Å²) in [5.74, 6) is 0.835. The molecule has 7 heterocycles. The molecule has 0 unspecified atom stereocenters. The second-order valence-corrected chi connectivity index (χ2v) is 27.8. The van der Waals surface area contributed by atoms with Gasteiger partial charge >= 0.3 is 0 Å². The fourth-order valence-corrected chi connectivity index (χ4v) is 17.5. The monoisotopic (exact) mass is 1320 g/mol. The van der Waals surface area contributed by atoms with Crippen LogP contribution in [0.5, 0.6) is 0 Å². The van der Waals surface area contributed by atoms with Gasteiger partial charge in [0, 0.05) is 75.0 Å². The van der Waals surface area contributed by atoms with E-state index in [0.29, 0.717) is 10.8 Å². The number of hydrogen-bond acceptors (Lipinski definition) is 6. The predicted molar refractivity (Wildman–Crippen MR) is 418 cm³/mol. The van der Waals surface area contributed by atoms with Crippen LogP contribution in [0.3, 0.4) is 0 Å². The van der Waals surface area contributed by atoms with Gasteiger partial charge in [0.1, 0.15) is 32.1 Å². The maximum atomic E-state index is 6.68. The number of benzene rings is 14. The zero-order chi connectivity index (χ0) is 65.2. The molecule has 0 bridgehead atoms. The first-order chi connectivity index (χ1) is 49.0. The van der Waals surface area contributed by atoms with Crippen LogP contribution in [-0.2, 0) is 6.42 Å². The van der Waals surface area contributed by atoms with Crippen molar-refractivity contribution in [3.05, 3.63) is 332 Å². The third-order valence-corrected chi connectivity index (χ3v) is 22.1. The topological polar surface area (TPSA) is 66.3 Å². The summed E-state index contributed by atoms with van der Waals surface area (Å²) in [5, 5.41) is 15.1. The molecule has 0 saturated carbocycles. The molecule has 0 saturated heterocycles. The van der Waals surface area contributed by atoms with Crippen molar-refractivity contribution in [1.29, 1.82) is 0 Å². The van der Waals surface area contributed by atoms with E-state index >= 15 is 0 Å². The van der Waals surface area contributed by atoms with Crippen LogP contribution in [0.2, 0.25) is 5.15 Å². The second kappa shape index (κ2) is 23.0. The number of fused-ring (bicyclic) bond motifs is 20. The van der Waals surface area contributed by atoms with E-state index in [-0.39, 0.29) is 0 Å². The summed E-state index contributed by atoms with van der Waals surface area (Å²) in [6, 6.07) is 112. The van der Waals surface area contributed by atoms with Crippen molar-refractivity contribution < 1.29 is 0 Å². The molecule has 0 N–H and O–H groups in total. The van der Waals surface area contributed by atoms with E-state index in [1.807, 2.05) is 18.2 Å². The third kappa shape index (κ3) is 9.38. The van der Waals surface area contributed by atoms with E-state index in [1.165, 1.54) is 96.5 Å². The van der Waals surface area contributed by atoms with Crippen LogP contribution in [0.1, 0.15) is 11.1 Å². The summed E-state index contributed by atoms with van der Waals surface area (Å²) >= 11 is 10.0.